The maximum absolute atomic E-state index is 11.6. The molecule has 0 aliphatic rings. The lowest BCUT2D eigenvalue weighted by Gasteiger charge is -2.19. The minimum Gasteiger partial charge on any atom is -0.444 e. The number of guanidine groups is 1. The summed E-state index contributed by atoms with van der Waals surface area (Å²) in [5.74, 6) is 0.704. The van der Waals surface area contributed by atoms with Crippen molar-refractivity contribution in [2.75, 3.05) is 26.7 Å². The van der Waals surface area contributed by atoms with Crippen LogP contribution in [0.3, 0.4) is 0 Å². The number of ether oxygens (including phenoxy) is 2. The highest BCUT2D eigenvalue weighted by atomic mass is 16.6. The van der Waals surface area contributed by atoms with Crippen molar-refractivity contribution in [2.45, 2.75) is 46.4 Å². The number of rotatable bonds is 8. The van der Waals surface area contributed by atoms with Gasteiger partial charge in [0, 0.05) is 26.7 Å². The maximum Gasteiger partial charge on any atom is 0.407 e. The molecule has 3 N–H and O–H groups in total. The smallest absolute Gasteiger partial charge is 0.407 e. The highest BCUT2D eigenvalue weighted by Crippen LogP contribution is 2.08. The van der Waals surface area contributed by atoms with E-state index in [9.17, 15) is 4.79 Å². The van der Waals surface area contributed by atoms with Crippen LogP contribution < -0.4 is 16.0 Å². The molecule has 7 heteroatoms. The lowest BCUT2D eigenvalue weighted by Crippen LogP contribution is -2.42. The molecule has 0 aromatic heterocycles. The molecule has 1 amide bonds. The van der Waals surface area contributed by atoms with E-state index < -0.39 is 11.7 Å². The second kappa shape index (κ2) is 11.4. The number of benzene rings is 1. The Bertz CT molecular complexity index is 582. The summed E-state index contributed by atoms with van der Waals surface area (Å²) in [6.07, 6.45) is -0.420. The van der Waals surface area contributed by atoms with Gasteiger partial charge in [-0.25, -0.2) is 9.79 Å². The van der Waals surface area contributed by atoms with Gasteiger partial charge in [-0.05, 0) is 38.8 Å². The van der Waals surface area contributed by atoms with Crippen molar-refractivity contribution in [3.05, 3.63) is 35.4 Å². The van der Waals surface area contributed by atoms with Crippen molar-refractivity contribution < 1.29 is 14.3 Å². The predicted molar refractivity (Wildman–Crippen MR) is 104 cm³/mol. The first-order chi connectivity index (χ1) is 12.3. The van der Waals surface area contributed by atoms with E-state index in [2.05, 4.69) is 27.0 Å². The standard InChI is InChI=1S/C19H32N4O3/c1-6-20-17(21-10-11-22-18(24)26-19(2,3)4)23-13-15-8-7-9-16(12-15)14-25-5/h7-9,12H,6,10-11,13-14H2,1-5H3,(H,22,24)(H2,20,21,23). The molecule has 0 saturated heterocycles. The summed E-state index contributed by atoms with van der Waals surface area (Å²) in [6.45, 7) is 10.4. The van der Waals surface area contributed by atoms with E-state index in [1.165, 1.54) is 0 Å². The molecule has 0 spiro atoms. The third kappa shape index (κ3) is 9.88. The van der Waals surface area contributed by atoms with Gasteiger partial charge in [-0.1, -0.05) is 24.3 Å². The molecule has 0 aliphatic carbocycles. The van der Waals surface area contributed by atoms with Crippen LogP contribution in [0, 0.1) is 0 Å². The van der Waals surface area contributed by atoms with Gasteiger partial charge in [0.2, 0.25) is 0 Å². The van der Waals surface area contributed by atoms with Gasteiger partial charge in [-0.2, -0.15) is 0 Å². The fraction of sp³-hybridized carbons (Fsp3) is 0.579. The molecule has 26 heavy (non-hydrogen) atoms. The molecule has 1 aromatic rings. The second-order valence-electron chi connectivity index (χ2n) is 6.80. The van der Waals surface area contributed by atoms with Crippen molar-refractivity contribution in [1.82, 2.24) is 16.0 Å². The summed E-state index contributed by atoms with van der Waals surface area (Å²) >= 11 is 0. The molecular formula is C19H32N4O3. The summed E-state index contributed by atoms with van der Waals surface area (Å²) < 4.78 is 10.4. The van der Waals surface area contributed by atoms with E-state index >= 15 is 0 Å². The van der Waals surface area contributed by atoms with Crippen LogP contribution in [0.2, 0.25) is 0 Å². The number of nitrogens with one attached hydrogen (secondary N) is 3. The summed E-state index contributed by atoms with van der Waals surface area (Å²) in [7, 11) is 1.68. The van der Waals surface area contributed by atoms with E-state index in [0.29, 0.717) is 32.2 Å². The number of alkyl carbamates (subject to hydrolysis) is 1. The van der Waals surface area contributed by atoms with Crippen molar-refractivity contribution in [1.29, 1.82) is 0 Å². The number of hydrogen-bond acceptors (Lipinski definition) is 4. The van der Waals surface area contributed by atoms with Gasteiger partial charge in [-0.15, -0.1) is 0 Å². The Labute approximate surface area is 156 Å². The number of hydrogen-bond donors (Lipinski definition) is 3. The van der Waals surface area contributed by atoms with Crippen molar-refractivity contribution in [3.8, 4) is 0 Å². The minimum atomic E-state index is -0.495. The minimum absolute atomic E-state index is 0.420. The van der Waals surface area contributed by atoms with Crippen LogP contribution in [0.1, 0.15) is 38.8 Å². The number of aliphatic imine (C=N–C) groups is 1. The summed E-state index contributed by atoms with van der Waals surface area (Å²) in [5, 5.41) is 9.09. The quantitative estimate of drug-likeness (QED) is 0.375. The molecule has 0 heterocycles. The van der Waals surface area contributed by atoms with Gasteiger partial charge >= 0.3 is 6.09 Å². The number of amides is 1. The third-order valence-corrected chi connectivity index (χ3v) is 3.15. The molecule has 7 nitrogen and oxygen atoms in total. The SMILES string of the molecule is CCNC(=NCc1cccc(COC)c1)NCCNC(=O)OC(C)(C)C. The first-order valence-corrected chi connectivity index (χ1v) is 8.90. The van der Waals surface area contributed by atoms with Gasteiger partial charge in [0.25, 0.3) is 0 Å². The Hall–Kier alpha value is -2.28. The summed E-state index contributed by atoms with van der Waals surface area (Å²) in [5.41, 5.74) is 1.74. The molecule has 0 aliphatic heterocycles. The van der Waals surface area contributed by atoms with Crippen LogP contribution >= 0.6 is 0 Å². The molecule has 0 atom stereocenters. The Morgan fingerprint density at radius 1 is 1.12 bits per heavy atom. The molecule has 0 radical (unpaired) electrons. The Morgan fingerprint density at radius 2 is 1.81 bits per heavy atom. The summed E-state index contributed by atoms with van der Waals surface area (Å²) in [4.78, 5) is 16.2. The lowest BCUT2D eigenvalue weighted by molar-refractivity contribution is 0.0529. The maximum atomic E-state index is 11.6. The molecule has 1 rings (SSSR count). The Kier molecular flexibility index (Phi) is 9.51. The van der Waals surface area contributed by atoms with E-state index in [4.69, 9.17) is 9.47 Å². The van der Waals surface area contributed by atoms with Crippen LogP contribution in [-0.2, 0) is 22.6 Å². The van der Waals surface area contributed by atoms with Crippen LogP contribution in [0.4, 0.5) is 4.79 Å². The number of methoxy groups -OCH3 is 1. The lowest BCUT2D eigenvalue weighted by atomic mass is 10.1. The average Bonchev–Trinajstić information content (AvgIpc) is 2.55. The van der Waals surface area contributed by atoms with E-state index in [1.807, 2.05) is 45.9 Å². The topological polar surface area (TPSA) is 84.0 Å². The highest BCUT2D eigenvalue weighted by molar-refractivity contribution is 5.79. The molecule has 0 unspecified atom stereocenters. The van der Waals surface area contributed by atoms with Crippen LogP contribution in [-0.4, -0.2) is 44.4 Å². The normalized spacial score (nSPS) is 11.8. The number of carbonyl (C=O) groups excluding carboxylic acids is 1. The molecule has 146 valence electrons. The Balaban J connectivity index is 2.46. The van der Waals surface area contributed by atoms with Crippen molar-refractivity contribution >= 4 is 12.1 Å². The zero-order valence-electron chi connectivity index (χ0n) is 16.5. The van der Waals surface area contributed by atoms with E-state index in [-0.39, 0.29) is 0 Å². The third-order valence-electron chi connectivity index (χ3n) is 3.15. The van der Waals surface area contributed by atoms with Crippen LogP contribution in [0.15, 0.2) is 29.3 Å². The largest absolute Gasteiger partial charge is 0.444 e. The van der Waals surface area contributed by atoms with Crippen molar-refractivity contribution in [2.24, 2.45) is 4.99 Å². The molecule has 0 fully saturated rings. The Morgan fingerprint density at radius 3 is 2.46 bits per heavy atom. The van der Waals surface area contributed by atoms with Gasteiger partial charge < -0.3 is 25.4 Å². The van der Waals surface area contributed by atoms with Gasteiger partial charge in [0.15, 0.2) is 5.96 Å². The van der Waals surface area contributed by atoms with Crippen LogP contribution in [0.25, 0.3) is 0 Å². The molecule has 0 bridgehead atoms. The van der Waals surface area contributed by atoms with Gasteiger partial charge in [-0.3, -0.25) is 0 Å². The zero-order valence-corrected chi connectivity index (χ0v) is 16.5. The molecular weight excluding hydrogens is 332 g/mol. The number of nitrogens with zero attached hydrogens (tertiary/aromatic N) is 1. The average molecular weight is 364 g/mol. The predicted octanol–water partition coefficient (Wildman–Crippen LogP) is 2.41. The first kappa shape index (κ1) is 21.8. The summed E-state index contributed by atoms with van der Waals surface area (Å²) in [6, 6.07) is 8.16. The fourth-order valence-electron chi connectivity index (χ4n) is 2.16. The monoisotopic (exact) mass is 364 g/mol. The number of carbonyl (C=O) groups is 1. The molecule has 1 aromatic carbocycles. The van der Waals surface area contributed by atoms with Crippen LogP contribution in [0.5, 0.6) is 0 Å². The highest BCUT2D eigenvalue weighted by Gasteiger charge is 2.15. The first-order valence-electron chi connectivity index (χ1n) is 8.90. The fourth-order valence-corrected chi connectivity index (χ4v) is 2.16. The van der Waals surface area contributed by atoms with E-state index in [0.717, 1.165) is 17.7 Å². The molecule has 0 saturated carbocycles. The van der Waals surface area contributed by atoms with Gasteiger partial charge in [0.05, 0.1) is 13.2 Å². The van der Waals surface area contributed by atoms with Gasteiger partial charge in [0.1, 0.15) is 5.60 Å². The van der Waals surface area contributed by atoms with E-state index in [1.54, 1.807) is 7.11 Å². The van der Waals surface area contributed by atoms with Crippen molar-refractivity contribution in [3.63, 3.8) is 0 Å². The second-order valence-corrected chi connectivity index (χ2v) is 6.80. The zero-order chi connectivity index (χ0) is 19.4.